The molecule has 0 heterocycles. The highest BCUT2D eigenvalue weighted by Gasteiger charge is 2.08. The Hall–Kier alpha value is -2.56. The van der Waals surface area contributed by atoms with Crippen LogP contribution in [-0.4, -0.2) is 11.1 Å². The van der Waals surface area contributed by atoms with Crippen molar-refractivity contribution >= 4 is 23.0 Å². The van der Waals surface area contributed by atoms with Crippen LogP contribution in [0.5, 0.6) is 0 Å². The summed E-state index contributed by atoms with van der Waals surface area (Å²) in [5, 5.41) is 11.7. The van der Waals surface area contributed by atoms with E-state index in [1.807, 2.05) is 6.92 Å². The Bertz CT molecular complexity index is 641. The Kier molecular flexibility index (Phi) is 3.37. The third-order valence-corrected chi connectivity index (χ3v) is 2.69. The number of benzene rings is 2. The van der Waals surface area contributed by atoms with Crippen LogP contribution in [0.2, 0.25) is 0 Å². The van der Waals surface area contributed by atoms with Crippen molar-refractivity contribution in [2.24, 2.45) is 0 Å². The third-order valence-electron chi connectivity index (χ3n) is 2.69. The summed E-state index contributed by atoms with van der Waals surface area (Å²) in [6, 6.07) is 8.93. The number of carbonyl (C=O) groups is 1. The number of nitrogens with one attached hydrogen (secondary N) is 1. The number of hydrogen-bond donors (Lipinski definition) is 3. The average molecular weight is 260 g/mol. The van der Waals surface area contributed by atoms with Gasteiger partial charge in [0, 0.05) is 0 Å². The number of anilines is 3. The van der Waals surface area contributed by atoms with Crippen LogP contribution >= 0.6 is 0 Å². The quantitative estimate of drug-likeness (QED) is 0.741. The van der Waals surface area contributed by atoms with E-state index in [1.54, 1.807) is 12.1 Å². The molecule has 0 saturated heterocycles. The maximum absolute atomic E-state index is 13.6. The molecule has 0 aliphatic rings. The van der Waals surface area contributed by atoms with E-state index in [0.29, 0.717) is 11.4 Å². The van der Waals surface area contributed by atoms with Crippen LogP contribution in [0.25, 0.3) is 0 Å². The number of nitrogens with two attached hydrogens (primary N) is 1. The van der Waals surface area contributed by atoms with Crippen molar-refractivity contribution in [2.75, 3.05) is 11.1 Å². The fourth-order valence-corrected chi connectivity index (χ4v) is 1.69. The van der Waals surface area contributed by atoms with Gasteiger partial charge >= 0.3 is 5.97 Å². The molecule has 0 aromatic heterocycles. The fraction of sp³-hybridized carbons (Fsp3) is 0.0714. The minimum absolute atomic E-state index is 0.0905. The molecule has 2 aromatic rings. The minimum atomic E-state index is -1.06. The number of hydrogen-bond acceptors (Lipinski definition) is 3. The molecular formula is C14H13FN2O2. The Labute approximate surface area is 109 Å². The van der Waals surface area contributed by atoms with Crippen molar-refractivity contribution in [3.05, 3.63) is 53.3 Å². The molecule has 0 fully saturated rings. The molecule has 2 rings (SSSR count). The van der Waals surface area contributed by atoms with Gasteiger partial charge in [0.05, 0.1) is 22.6 Å². The molecular weight excluding hydrogens is 247 g/mol. The largest absolute Gasteiger partial charge is 0.478 e. The second kappa shape index (κ2) is 4.97. The predicted molar refractivity (Wildman–Crippen MR) is 72.2 cm³/mol. The third kappa shape index (κ3) is 2.82. The van der Waals surface area contributed by atoms with E-state index in [0.717, 1.165) is 5.56 Å². The lowest BCUT2D eigenvalue weighted by Crippen LogP contribution is -2.02. The first-order chi connectivity index (χ1) is 8.97. The number of carboxylic acid groups (broad SMARTS) is 1. The first-order valence-corrected chi connectivity index (χ1v) is 5.63. The second-order valence-corrected chi connectivity index (χ2v) is 4.22. The van der Waals surface area contributed by atoms with Crippen molar-refractivity contribution in [3.63, 3.8) is 0 Å². The number of aromatic carboxylic acids is 1. The van der Waals surface area contributed by atoms with Crippen LogP contribution in [-0.2, 0) is 0 Å². The summed E-state index contributed by atoms with van der Waals surface area (Å²) in [5.74, 6) is -1.45. The minimum Gasteiger partial charge on any atom is -0.478 e. The summed E-state index contributed by atoms with van der Waals surface area (Å²) in [6.45, 7) is 1.85. The van der Waals surface area contributed by atoms with Gasteiger partial charge in [-0.25, -0.2) is 9.18 Å². The zero-order valence-electron chi connectivity index (χ0n) is 10.3. The molecule has 0 spiro atoms. The van der Waals surface area contributed by atoms with E-state index < -0.39 is 11.8 Å². The molecule has 0 radical (unpaired) electrons. The lowest BCUT2D eigenvalue weighted by Gasteiger charge is -2.11. The fourth-order valence-electron chi connectivity index (χ4n) is 1.69. The van der Waals surface area contributed by atoms with E-state index in [9.17, 15) is 9.18 Å². The first kappa shape index (κ1) is 12.9. The summed E-state index contributed by atoms with van der Waals surface area (Å²) >= 11 is 0. The Balaban J connectivity index is 2.33. The normalized spacial score (nSPS) is 10.2. The Morgan fingerprint density at radius 3 is 2.58 bits per heavy atom. The van der Waals surface area contributed by atoms with Gasteiger partial charge in [-0.3, -0.25) is 0 Å². The molecule has 2 aromatic carbocycles. The maximum Gasteiger partial charge on any atom is 0.335 e. The highest BCUT2D eigenvalue weighted by atomic mass is 19.1. The lowest BCUT2D eigenvalue weighted by atomic mass is 10.1. The van der Waals surface area contributed by atoms with Crippen LogP contribution in [0, 0.1) is 12.7 Å². The number of halogens is 1. The van der Waals surface area contributed by atoms with E-state index in [2.05, 4.69) is 5.32 Å². The topological polar surface area (TPSA) is 75.3 Å². The predicted octanol–water partition coefficient (Wildman–Crippen LogP) is 3.16. The molecule has 0 amide bonds. The average Bonchev–Trinajstić information content (AvgIpc) is 2.36. The highest BCUT2D eigenvalue weighted by molar-refractivity contribution is 5.90. The molecule has 0 atom stereocenters. The van der Waals surface area contributed by atoms with Gasteiger partial charge < -0.3 is 16.2 Å². The zero-order chi connectivity index (χ0) is 14.0. The van der Waals surface area contributed by atoms with Crippen LogP contribution in [0.4, 0.5) is 21.5 Å². The van der Waals surface area contributed by atoms with Gasteiger partial charge in [0.25, 0.3) is 0 Å². The van der Waals surface area contributed by atoms with Crippen LogP contribution < -0.4 is 11.1 Å². The highest BCUT2D eigenvalue weighted by Crippen LogP contribution is 2.26. The smallest absolute Gasteiger partial charge is 0.335 e. The van der Waals surface area contributed by atoms with Crippen LogP contribution in [0.1, 0.15) is 15.9 Å². The van der Waals surface area contributed by atoms with Crippen LogP contribution in [0.3, 0.4) is 0 Å². The molecule has 4 nitrogen and oxygen atoms in total. The van der Waals surface area contributed by atoms with E-state index in [-0.39, 0.29) is 11.3 Å². The van der Waals surface area contributed by atoms with Crippen LogP contribution in [0.15, 0.2) is 36.4 Å². The van der Waals surface area contributed by atoms with Gasteiger partial charge in [-0.2, -0.15) is 0 Å². The van der Waals surface area contributed by atoms with Gasteiger partial charge in [-0.15, -0.1) is 0 Å². The van der Waals surface area contributed by atoms with Gasteiger partial charge in [-0.1, -0.05) is 6.07 Å². The molecule has 0 saturated carbocycles. The van der Waals surface area contributed by atoms with E-state index >= 15 is 0 Å². The molecule has 0 unspecified atom stereocenters. The Morgan fingerprint density at radius 2 is 1.95 bits per heavy atom. The molecule has 4 N–H and O–H groups in total. The van der Waals surface area contributed by atoms with Gasteiger partial charge in [0.15, 0.2) is 0 Å². The zero-order valence-corrected chi connectivity index (χ0v) is 10.3. The molecule has 19 heavy (non-hydrogen) atoms. The van der Waals surface area contributed by atoms with E-state index in [4.69, 9.17) is 10.8 Å². The van der Waals surface area contributed by atoms with Crippen molar-refractivity contribution in [3.8, 4) is 0 Å². The monoisotopic (exact) mass is 260 g/mol. The number of rotatable bonds is 3. The molecule has 0 aliphatic heterocycles. The summed E-state index contributed by atoms with van der Waals surface area (Å²) in [5.41, 5.74) is 7.76. The molecule has 0 aliphatic carbocycles. The van der Waals surface area contributed by atoms with Crippen molar-refractivity contribution in [1.29, 1.82) is 0 Å². The molecule has 5 heteroatoms. The van der Waals surface area contributed by atoms with Crippen molar-refractivity contribution in [2.45, 2.75) is 6.92 Å². The standard InChI is InChI=1S/C14H13FN2O2/c1-8-2-4-10(15)13(6-8)17-12-5-3-9(14(18)19)7-11(12)16/h2-7,17H,16H2,1H3,(H,18,19). The maximum atomic E-state index is 13.6. The summed E-state index contributed by atoms with van der Waals surface area (Å²) < 4.78 is 13.6. The summed E-state index contributed by atoms with van der Waals surface area (Å²) in [7, 11) is 0. The van der Waals surface area contributed by atoms with Crippen molar-refractivity contribution < 1.29 is 14.3 Å². The summed E-state index contributed by atoms with van der Waals surface area (Å²) in [4.78, 5) is 10.8. The van der Waals surface area contributed by atoms with Gasteiger partial charge in [0.1, 0.15) is 5.82 Å². The molecule has 0 bridgehead atoms. The number of nitrogen functional groups attached to an aromatic ring is 1. The Morgan fingerprint density at radius 1 is 1.21 bits per heavy atom. The summed E-state index contributed by atoms with van der Waals surface area (Å²) in [6.07, 6.45) is 0. The van der Waals surface area contributed by atoms with E-state index in [1.165, 1.54) is 24.3 Å². The molecule has 98 valence electrons. The second-order valence-electron chi connectivity index (χ2n) is 4.22. The van der Waals surface area contributed by atoms with Crippen molar-refractivity contribution in [1.82, 2.24) is 0 Å². The van der Waals surface area contributed by atoms with Gasteiger partial charge in [-0.05, 0) is 42.8 Å². The lowest BCUT2D eigenvalue weighted by molar-refractivity contribution is 0.0697. The number of aryl methyl sites for hydroxylation is 1. The first-order valence-electron chi connectivity index (χ1n) is 5.63. The SMILES string of the molecule is Cc1ccc(F)c(Nc2ccc(C(=O)O)cc2N)c1. The number of carboxylic acids is 1. The van der Waals surface area contributed by atoms with Gasteiger partial charge in [0.2, 0.25) is 0 Å².